The minimum Gasteiger partial charge on any atom is -0.390 e. The number of aliphatic hydroxyl groups excluding tert-OH is 1. The van der Waals surface area contributed by atoms with Gasteiger partial charge < -0.3 is 25.0 Å². The Labute approximate surface area is 194 Å². The number of halogens is 1. The van der Waals surface area contributed by atoms with E-state index in [-0.39, 0.29) is 24.2 Å². The van der Waals surface area contributed by atoms with Gasteiger partial charge >= 0.3 is 0 Å². The van der Waals surface area contributed by atoms with Gasteiger partial charge in [0.2, 0.25) is 0 Å². The van der Waals surface area contributed by atoms with Crippen LogP contribution in [0.15, 0.2) is 18.2 Å². The number of aromatic nitrogens is 2. The van der Waals surface area contributed by atoms with Crippen molar-refractivity contribution in [3.63, 3.8) is 0 Å². The van der Waals surface area contributed by atoms with E-state index in [0.29, 0.717) is 45.4 Å². The summed E-state index contributed by atoms with van der Waals surface area (Å²) in [5.74, 6) is 0.702. The molecule has 1 spiro atoms. The number of hydrogen-bond donors (Lipinski definition) is 2. The maximum Gasteiger partial charge on any atom is 0.153 e. The highest BCUT2D eigenvalue weighted by Gasteiger charge is 2.47. The summed E-state index contributed by atoms with van der Waals surface area (Å²) in [5.41, 5.74) is 8.98. The SMILES string of the molecule is Cc1nc(N2CCC3(CC2)CO[C@@H](C)[C@H]3N)c(CO)nc1-c1cccc(P(C)(C)=O)c1Cl. The lowest BCUT2D eigenvalue weighted by molar-refractivity contribution is 0.0973. The maximum atomic E-state index is 12.7. The van der Waals surface area contributed by atoms with Crippen LogP contribution in [-0.4, -0.2) is 60.2 Å². The summed E-state index contributed by atoms with van der Waals surface area (Å²) >= 11 is 6.64. The molecule has 32 heavy (non-hydrogen) atoms. The number of anilines is 1. The second-order valence-electron chi connectivity index (χ2n) is 9.47. The predicted octanol–water partition coefficient (Wildman–Crippen LogP) is 3.18. The summed E-state index contributed by atoms with van der Waals surface area (Å²) in [6.07, 6.45) is 1.92. The highest BCUT2D eigenvalue weighted by atomic mass is 35.5. The van der Waals surface area contributed by atoms with Gasteiger partial charge in [0.1, 0.15) is 12.8 Å². The standard InChI is InChI=1S/C23H32ClN4O3P/c1-14-20(16-6-5-7-18(19(16)24)32(3,4)30)27-17(12-29)22(26-14)28-10-8-23(9-11-28)13-31-15(2)21(23)25/h5-7,15,21,29H,8-13,25H2,1-4H3/t15-,21+/m0/s1. The zero-order valence-electron chi connectivity index (χ0n) is 19.1. The molecule has 7 nitrogen and oxygen atoms in total. The number of ether oxygens (including phenoxy) is 1. The maximum absolute atomic E-state index is 12.7. The number of nitrogens with two attached hydrogens (primary N) is 1. The molecule has 9 heteroatoms. The van der Waals surface area contributed by atoms with Crippen LogP contribution >= 0.6 is 18.7 Å². The van der Waals surface area contributed by atoms with E-state index >= 15 is 0 Å². The van der Waals surface area contributed by atoms with Crippen LogP contribution in [0, 0.1) is 12.3 Å². The Hall–Kier alpha value is -1.50. The van der Waals surface area contributed by atoms with Gasteiger partial charge in [-0.1, -0.05) is 23.7 Å². The predicted molar refractivity (Wildman–Crippen MR) is 129 cm³/mol. The highest BCUT2D eigenvalue weighted by molar-refractivity contribution is 7.70. The number of rotatable bonds is 4. The van der Waals surface area contributed by atoms with Crippen LogP contribution in [0.3, 0.4) is 0 Å². The van der Waals surface area contributed by atoms with Crippen LogP contribution in [0.25, 0.3) is 11.3 Å². The average molecular weight is 479 g/mol. The quantitative estimate of drug-likeness (QED) is 0.651. The van der Waals surface area contributed by atoms with Crippen molar-refractivity contribution < 1.29 is 14.4 Å². The molecule has 2 fully saturated rings. The van der Waals surface area contributed by atoms with E-state index in [1.54, 1.807) is 19.4 Å². The lowest BCUT2D eigenvalue weighted by Crippen LogP contribution is -2.51. The van der Waals surface area contributed by atoms with E-state index < -0.39 is 7.14 Å². The Morgan fingerprint density at radius 3 is 2.56 bits per heavy atom. The second-order valence-corrected chi connectivity index (χ2v) is 13.0. The van der Waals surface area contributed by atoms with E-state index in [9.17, 15) is 9.67 Å². The Morgan fingerprint density at radius 2 is 2.00 bits per heavy atom. The first-order chi connectivity index (χ1) is 15.1. The van der Waals surface area contributed by atoms with Crippen molar-refractivity contribution in [3.8, 4) is 11.3 Å². The molecule has 1 aromatic heterocycles. The van der Waals surface area contributed by atoms with Gasteiger partial charge in [-0.25, -0.2) is 9.97 Å². The first-order valence-corrected chi connectivity index (χ1v) is 14.0. The monoisotopic (exact) mass is 478 g/mol. The van der Waals surface area contributed by atoms with Crippen molar-refractivity contribution in [2.75, 3.05) is 37.9 Å². The smallest absolute Gasteiger partial charge is 0.153 e. The van der Waals surface area contributed by atoms with E-state index in [2.05, 4.69) is 4.90 Å². The van der Waals surface area contributed by atoms with Crippen molar-refractivity contribution in [2.45, 2.75) is 45.4 Å². The molecule has 3 heterocycles. The zero-order chi connectivity index (χ0) is 23.3. The summed E-state index contributed by atoms with van der Waals surface area (Å²) in [4.78, 5) is 11.8. The molecular formula is C23H32ClN4O3P. The molecule has 0 aliphatic carbocycles. The van der Waals surface area contributed by atoms with Crippen LogP contribution in [-0.2, 0) is 15.9 Å². The van der Waals surface area contributed by atoms with Crippen LogP contribution in [0.5, 0.6) is 0 Å². The lowest BCUT2D eigenvalue weighted by atomic mass is 9.73. The third-order valence-electron chi connectivity index (χ3n) is 6.99. The molecular weight excluding hydrogens is 447 g/mol. The molecule has 1 aromatic carbocycles. The topological polar surface area (TPSA) is 102 Å². The van der Waals surface area contributed by atoms with Gasteiger partial charge in [-0.15, -0.1) is 0 Å². The molecule has 0 amide bonds. The van der Waals surface area contributed by atoms with Gasteiger partial charge in [0.05, 0.1) is 35.7 Å². The summed E-state index contributed by atoms with van der Waals surface area (Å²) in [5, 5.41) is 11.2. The molecule has 2 aliphatic heterocycles. The van der Waals surface area contributed by atoms with Crippen LogP contribution in [0.4, 0.5) is 5.82 Å². The average Bonchev–Trinajstić information content (AvgIpc) is 3.02. The third-order valence-corrected chi connectivity index (χ3v) is 9.06. The Morgan fingerprint density at radius 1 is 1.31 bits per heavy atom. The van der Waals surface area contributed by atoms with Crippen LogP contribution in [0.2, 0.25) is 5.02 Å². The summed E-state index contributed by atoms with van der Waals surface area (Å²) in [6, 6.07) is 5.52. The molecule has 2 aromatic rings. The van der Waals surface area contributed by atoms with Crippen LogP contribution in [0.1, 0.15) is 31.2 Å². The number of aliphatic hydroxyl groups is 1. The summed E-state index contributed by atoms with van der Waals surface area (Å²) < 4.78 is 18.5. The molecule has 0 saturated carbocycles. The number of benzene rings is 1. The molecule has 3 N–H and O–H groups in total. The van der Waals surface area contributed by atoms with Gasteiger partial charge in [0.25, 0.3) is 0 Å². The van der Waals surface area contributed by atoms with Gasteiger partial charge in [0, 0.05) is 35.4 Å². The largest absolute Gasteiger partial charge is 0.390 e. The van der Waals surface area contributed by atoms with Crippen LogP contribution < -0.4 is 15.9 Å². The first kappa shape index (κ1) is 23.7. The van der Waals surface area contributed by atoms with Crippen molar-refractivity contribution in [2.24, 2.45) is 11.1 Å². The van der Waals surface area contributed by atoms with Gasteiger partial charge in [-0.2, -0.15) is 0 Å². The van der Waals surface area contributed by atoms with Crippen molar-refractivity contribution >= 4 is 29.9 Å². The van der Waals surface area contributed by atoms with Crippen molar-refractivity contribution in [3.05, 3.63) is 34.6 Å². The zero-order valence-corrected chi connectivity index (χ0v) is 20.8. The number of nitrogens with zero attached hydrogens (tertiary/aromatic N) is 3. The second kappa shape index (κ2) is 8.69. The fraction of sp³-hybridized carbons (Fsp3) is 0.565. The molecule has 2 atom stereocenters. The molecule has 0 radical (unpaired) electrons. The number of hydrogen-bond acceptors (Lipinski definition) is 7. The van der Waals surface area contributed by atoms with Crippen molar-refractivity contribution in [1.29, 1.82) is 0 Å². The van der Waals surface area contributed by atoms with Gasteiger partial charge in [-0.05, 0) is 46.1 Å². The molecule has 4 rings (SSSR count). The lowest BCUT2D eigenvalue weighted by Gasteiger charge is -2.42. The fourth-order valence-electron chi connectivity index (χ4n) is 4.91. The minimum absolute atomic E-state index is 0.0138. The van der Waals surface area contributed by atoms with E-state index in [1.807, 2.05) is 26.0 Å². The highest BCUT2D eigenvalue weighted by Crippen LogP contribution is 2.43. The number of aryl methyl sites for hydroxylation is 1. The Kier molecular flexibility index (Phi) is 6.43. The fourth-order valence-corrected chi connectivity index (χ4v) is 6.78. The van der Waals surface area contributed by atoms with E-state index in [1.165, 1.54) is 0 Å². The summed E-state index contributed by atoms with van der Waals surface area (Å²) in [6.45, 7) is 9.38. The molecule has 0 bridgehead atoms. The Bertz CT molecular complexity index is 1070. The molecule has 2 saturated heterocycles. The van der Waals surface area contributed by atoms with E-state index in [4.69, 9.17) is 32.0 Å². The summed E-state index contributed by atoms with van der Waals surface area (Å²) in [7, 11) is -2.55. The molecule has 174 valence electrons. The third kappa shape index (κ3) is 4.10. The molecule has 2 aliphatic rings. The van der Waals surface area contributed by atoms with Crippen molar-refractivity contribution in [1.82, 2.24) is 9.97 Å². The van der Waals surface area contributed by atoms with Gasteiger partial charge in [0.15, 0.2) is 5.82 Å². The first-order valence-electron chi connectivity index (χ1n) is 11.0. The molecule has 0 unspecified atom stereocenters. The normalized spacial score (nSPS) is 23.2. The minimum atomic E-state index is -2.55. The van der Waals surface area contributed by atoms with Gasteiger partial charge in [-0.3, -0.25) is 0 Å². The van der Waals surface area contributed by atoms with E-state index in [0.717, 1.165) is 25.9 Å². The Balaban J connectivity index is 1.66. The number of piperidine rings is 1.